The number of nitrogens with zero attached hydrogens (tertiary/aromatic N) is 2. The topological polar surface area (TPSA) is 65.5 Å². The number of rotatable bonds is 5. The first-order chi connectivity index (χ1) is 12.7. The Hall–Kier alpha value is -2.28. The molecule has 1 amide bonds. The van der Waals surface area contributed by atoms with Gasteiger partial charge in [0.15, 0.2) is 0 Å². The summed E-state index contributed by atoms with van der Waals surface area (Å²) in [6.07, 6.45) is 0.417. The van der Waals surface area contributed by atoms with Crippen LogP contribution in [0.4, 0.5) is 0 Å². The van der Waals surface area contributed by atoms with Crippen LogP contribution in [0.2, 0.25) is 0 Å². The number of fused-ring (bicyclic) bond motifs is 2. The highest BCUT2D eigenvalue weighted by Crippen LogP contribution is 2.20. The van der Waals surface area contributed by atoms with Gasteiger partial charge in [-0.25, -0.2) is 4.98 Å². The highest BCUT2D eigenvalue weighted by molar-refractivity contribution is 7.16. The lowest BCUT2D eigenvalue weighted by molar-refractivity contribution is 0.0842. The molecule has 1 aromatic heterocycles. The van der Waals surface area contributed by atoms with Crippen molar-refractivity contribution >= 4 is 27.5 Å². The summed E-state index contributed by atoms with van der Waals surface area (Å²) in [5, 5.41) is 13.2. The average Bonchev–Trinajstić information content (AvgIpc) is 3.14. The third kappa shape index (κ3) is 3.77. The summed E-state index contributed by atoms with van der Waals surface area (Å²) in [5.74, 6) is -0.164. The van der Waals surface area contributed by atoms with Crippen molar-refractivity contribution in [3.63, 3.8) is 0 Å². The molecule has 1 unspecified atom stereocenters. The second kappa shape index (κ2) is 7.53. The van der Waals surface area contributed by atoms with Gasteiger partial charge in [0.05, 0.1) is 21.8 Å². The van der Waals surface area contributed by atoms with Gasteiger partial charge in [-0.05, 0) is 35.7 Å². The van der Waals surface area contributed by atoms with E-state index < -0.39 is 6.10 Å². The Kier molecular flexibility index (Phi) is 4.97. The molecule has 0 saturated heterocycles. The van der Waals surface area contributed by atoms with E-state index in [1.165, 1.54) is 22.5 Å². The molecule has 134 valence electrons. The highest BCUT2D eigenvalue weighted by Gasteiger charge is 2.19. The lowest BCUT2D eigenvalue weighted by Gasteiger charge is -2.30. The maximum Gasteiger partial charge on any atom is 0.251 e. The van der Waals surface area contributed by atoms with Crippen LogP contribution < -0.4 is 5.32 Å². The van der Waals surface area contributed by atoms with E-state index in [4.69, 9.17) is 0 Å². The van der Waals surface area contributed by atoms with E-state index >= 15 is 0 Å². The summed E-state index contributed by atoms with van der Waals surface area (Å²) >= 11 is 1.51. The maximum atomic E-state index is 12.3. The summed E-state index contributed by atoms with van der Waals surface area (Å²) in [4.78, 5) is 18.8. The molecule has 2 aromatic carbocycles. The van der Waals surface area contributed by atoms with Crippen LogP contribution in [0.3, 0.4) is 0 Å². The van der Waals surface area contributed by atoms with Crippen LogP contribution >= 0.6 is 11.3 Å². The second-order valence-corrected chi connectivity index (χ2v) is 7.54. The van der Waals surface area contributed by atoms with E-state index in [0.717, 1.165) is 29.7 Å². The molecule has 26 heavy (non-hydrogen) atoms. The SMILES string of the molecule is O=C(NCC(O)CN1CCc2ccccc2C1)c1ccc2ncsc2c1. The second-order valence-electron chi connectivity index (χ2n) is 6.65. The van der Waals surface area contributed by atoms with Crippen LogP contribution in [0.15, 0.2) is 48.0 Å². The first-order valence-electron chi connectivity index (χ1n) is 8.78. The highest BCUT2D eigenvalue weighted by atomic mass is 32.1. The van der Waals surface area contributed by atoms with Crippen molar-refractivity contribution < 1.29 is 9.90 Å². The number of amides is 1. The molecule has 0 spiro atoms. The number of thiazole rings is 1. The van der Waals surface area contributed by atoms with Crippen LogP contribution in [-0.4, -0.2) is 46.6 Å². The Bertz CT molecular complexity index is 924. The fourth-order valence-corrected chi connectivity index (χ4v) is 4.10. The monoisotopic (exact) mass is 367 g/mol. The summed E-state index contributed by atoms with van der Waals surface area (Å²) < 4.78 is 0.991. The Morgan fingerprint density at radius 3 is 3.00 bits per heavy atom. The number of hydrogen-bond acceptors (Lipinski definition) is 5. The Morgan fingerprint density at radius 2 is 2.12 bits per heavy atom. The molecule has 3 aromatic rings. The van der Waals surface area contributed by atoms with Crippen LogP contribution in [0.1, 0.15) is 21.5 Å². The number of aliphatic hydroxyl groups is 1. The lowest BCUT2D eigenvalue weighted by Crippen LogP contribution is -2.42. The minimum Gasteiger partial charge on any atom is -0.390 e. The van der Waals surface area contributed by atoms with Gasteiger partial charge in [0, 0.05) is 31.7 Å². The molecule has 0 bridgehead atoms. The Labute approximate surface area is 156 Å². The first-order valence-corrected chi connectivity index (χ1v) is 9.65. The molecule has 1 aliphatic rings. The summed E-state index contributed by atoms with van der Waals surface area (Å²) in [7, 11) is 0. The largest absolute Gasteiger partial charge is 0.390 e. The molecule has 0 aliphatic carbocycles. The fourth-order valence-electron chi connectivity index (χ4n) is 3.38. The minimum atomic E-state index is -0.587. The van der Waals surface area contributed by atoms with E-state index in [1.807, 2.05) is 12.1 Å². The molecule has 4 rings (SSSR count). The molecule has 0 fully saturated rings. The number of β-amino-alcohol motifs (C(OH)–C–C–N with tert-alkyl or cyclic N) is 1. The van der Waals surface area contributed by atoms with Gasteiger partial charge in [0.1, 0.15) is 0 Å². The molecule has 6 heteroatoms. The number of carbonyl (C=O) groups excluding carboxylic acids is 1. The Balaban J connectivity index is 1.30. The minimum absolute atomic E-state index is 0.164. The number of nitrogens with one attached hydrogen (secondary N) is 1. The molecule has 2 heterocycles. The van der Waals surface area contributed by atoms with E-state index in [-0.39, 0.29) is 12.5 Å². The van der Waals surface area contributed by atoms with E-state index in [0.29, 0.717) is 12.1 Å². The van der Waals surface area contributed by atoms with E-state index in [9.17, 15) is 9.90 Å². The summed E-state index contributed by atoms with van der Waals surface area (Å²) in [6.45, 7) is 2.59. The van der Waals surface area contributed by atoms with Crippen molar-refractivity contribution in [1.29, 1.82) is 0 Å². The molecule has 5 nitrogen and oxygen atoms in total. The van der Waals surface area contributed by atoms with Gasteiger partial charge >= 0.3 is 0 Å². The smallest absolute Gasteiger partial charge is 0.251 e. The average molecular weight is 367 g/mol. The third-order valence-corrected chi connectivity index (χ3v) is 5.56. The molecule has 1 atom stereocenters. The van der Waals surface area contributed by atoms with E-state index in [2.05, 4.69) is 39.5 Å². The van der Waals surface area contributed by atoms with Gasteiger partial charge in [-0.2, -0.15) is 0 Å². The van der Waals surface area contributed by atoms with E-state index in [1.54, 1.807) is 11.6 Å². The van der Waals surface area contributed by atoms with Crippen molar-refractivity contribution in [2.75, 3.05) is 19.6 Å². The molecule has 2 N–H and O–H groups in total. The van der Waals surface area contributed by atoms with Crippen LogP contribution in [0, 0.1) is 0 Å². The summed E-state index contributed by atoms with van der Waals surface area (Å²) in [6, 6.07) is 13.9. The van der Waals surface area contributed by atoms with Gasteiger partial charge in [0.25, 0.3) is 5.91 Å². The zero-order valence-electron chi connectivity index (χ0n) is 14.4. The van der Waals surface area contributed by atoms with Crippen LogP contribution in [0.25, 0.3) is 10.2 Å². The van der Waals surface area contributed by atoms with Crippen molar-refractivity contribution in [1.82, 2.24) is 15.2 Å². The van der Waals surface area contributed by atoms with Crippen LogP contribution in [-0.2, 0) is 13.0 Å². The summed E-state index contributed by atoms with van der Waals surface area (Å²) in [5.41, 5.74) is 5.99. The van der Waals surface area contributed by atoms with Gasteiger partial charge in [-0.15, -0.1) is 11.3 Å². The number of carbonyl (C=O) groups is 1. The van der Waals surface area contributed by atoms with Crippen molar-refractivity contribution in [2.45, 2.75) is 19.1 Å². The normalized spacial score (nSPS) is 15.6. The Morgan fingerprint density at radius 1 is 1.27 bits per heavy atom. The third-order valence-electron chi connectivity index (χ3n) is 4.77. The van der Waals surface area contributed by atoms with Crippen molar-refractivity contribution in [3.05, 3.63) is 64.7 Å². The zero-order valence-corrected chi connectivity index (χ0v) is 15.2. The number of hydrogen-bond donors (Lipinski definition) is 2. The fraction of sp³-hybridized carbons (Fsp3) is 0.300. The molecular weight excluding hydrogens is 346 g/mol. The van der Waals surface area contributed by atoms with Crippen molar-refractivity contribution in [3.8, 4) is 0 Å². The number of aromatic nitrogens is 1. The predicted molar refractivity (Wildman–Crippen MR) is 103 cm³/mol. The molecule has 0 radical (unpaired) electrons. The maximum absolute atomic E-state index is 12.3. The number of aliphatic hydroxyl groups excluding tert-OH is 1. The standard InChI is InChI=1S/C20H21N3O2S/c24-17(12-23-8-7-14-3-1-2-4-16(14)11-23)10-21-20(25)15-5-6-18-19(9-15)26-13-22-18/h1-6,9,13,17,24H,7-8,10-12H2,(H,21,25). The van der Waals surface area contributed by atoms with Crippen LogP contribution in [0.5, 0.6) is 0 Å². The number of benzene rings is 2. The van der Waals surface area contributed by atoms with Gasteiger partial charge in [-0.1, -0.05) is 24.3 Å². The van der Waals surface area contributed by atoms with Gasteiger partial charge in [0.2, 0.25) is 0 Å². The van der Waals surface area contributed by atoms with Gasteiger partial charge in [-0.3, -0.25) is 9.69 Å². The van der Waals surface area contributed by atoms with Gasteiger partial charge < -0.3 is 10.4 Å². The molecule has 0 saturated carbocycles. The van der Waals surface area contributed by atoms with Crippen molar-refractivity contribution in [2.24, 2.45) is 0 Å². The zero-order chi connectivity index (χ0) is 17.9. The quantitative estimate of drug-likeness (QED) is 0.727. The lowest BCUT2D eigenvalue weighted by atomic mass is 10.00. The first kappa shape index (κ1) is 17.1. The predicted octanol–water partition coefficient (Wildman–Crippen LogP) is 2.45. The molecule has 1 aliphatic heterocycles. The molecular formula is C20H21N3O2S.